The second kappa shape index (κ2) is 7.58. The third-order valence-corrected chi connectivity index (χ3v) is 4.87. The lowest BCUT2D eigenvalue weighted by Crippen LogP contribution is -2.27. The van der Waals surface area contributed by atoms with E-state index in [0.717, 1.165) is 28.5 Å². The Hall–Kier alpha value is -2.86. The van der Waals surface area contributed by atoms with Crippen molar-refractivity contribution in [3.8, 4) is 0 Å². The number of rotatable bonds is 4. The van der Waals surface area contributed by atoms with Crippen LogP contribution in [0.2, 0.25) is 0 Å². The quantitative estimate of drug-likeness (QED) is 0.603. The highest BCUT2D eigenvalue weighted by Crippen LogP contribution is 2.33. The molecule has 1 fully saturated rings. The van der Waals surface area contributed by atoms with Gasteiger partial charge in [0.05, 0.1) is 24.1 Å². The number of carbonyl (C=O) groups excluding carboxylic acids is 3. The van der Waals surface area contributed by atoms with Gasteiger partial charge in [0, 0.05) is 0 Å². The van der Waals surface area contributed by atoms with Crippen molar-refractivity contribution in [3.05, 3.63) is 75.7 Å². The molecule has 1 aliphatic rings. The number of ether oxygens (including phenoxy) is 1. The van der Waals surface area contributed by atoms with Gasteiger partial charge in [-0.05, 0) is 48.0 Å². The number of thioether (sulfide) groups is 1. The Morgan fingerprint density at radius 2 is 1.73 bits per heavy atom. The number of nitrogens with zero attached hydrogens (tertiary/aromatic N) is 1. The number of imide groups is 1. The van der Waals surface area contributed by atoms with Crippen LogP contribution < -0.4 is 0 Å². The Kier molecular flexibility index (Phi) is 5.23. The van der Waals surface area contributed by atoms with Crippen LogP contribution in [0.25, 0.3) is 6.08 Å². The number of amides is 2. The number of aryl methyl sites for hydroxylation is 1. The summed E-state index contributed by atoms with van der Waals surface area (Å²) < 4.78 is 4.65. The van der Waals surface area contributed by atoms with Crippen molar-refractivity contribution in [1.29, 1.82) is 0 Å². The molecular weight excluding hydrogens is 350 g/mol. The molecule has 0 saturated carbocycles. The van der Waals surface area contributed by atoms with Crippen LogP contribution in [0.3, 0.4) is 0 Å². The van der Waals surface area contributed by atoms with E-state index in [-0.39, 0.29) is 17.7 Å². The maximum Gasteiger partial charge on any atom is 0.337 e. The molecule has 2 amide bonds. The van der Waals surface area contributed by atoms with Crippen LogP contribution in [0.5, 0.6) is 0 Å². The van der Waals surface area contributed by atoms with Crippen LogP contribution in [-0.4, -0.2) is 29.1 Å². The molecule has 0 radical (unpaired) electrons. The number of benzene rings is 2. The summed E-state index contributed by atoms with van der Waals surface area (Å²) in [5.41, 5.74) is 3.19. The highest BCUT2D eigenvalue weighted by molar-refractivity contribution is 8.18. The van der Waals surface area contributed by atoms with Crippen LogP contribution in [0, 0.1) is 6.92 Å². The standard InChI is InChI=1S/C20H17NO4S/c1-13-3-5-15(6-4-13)12-21-18(22)17(26-20(21)24)11-14-7-9-16(10-8-14)19(23)25-2/h3-11H,12H2,1-2H3. The largest absolute Gasteiger partial charge is 0.465 e. The summed E-state index contributed by atoms with van der Waals surface area (Å²) >= 11 is 0.921. The molecule has 26 heavy (non-hydrogen) atoms. The van der Waals surface area contributed by atoms with Gasteiger partial charge in [0.15, 0.2) is 0 Å². The minimum absolute atomic E-state index is 0.254. The van der Waals surface area contributed by atoms with Crippen LogP contribution in [-0.2, 0) is 16.1 Å². The van der Waals surface area contributed by atoms with Gasteiger partial charge in [0.25, 0.3) is 11.1 Å². The van der Waals surface area contributed by atoms with E-state index in [1.165, 1.54) is 12.0 Å². The van der Waals surface area contributed by atoms with Gasteiger partial charge >= 0.3 is 5.97 Å². The van der Waals surface area contributed by atoms with E-state index in [0.29, 0.717) is 10.5 Å². The molecule has 132 valence electrons. The summed E-state index contributed by atoms with van der Waals surface area (Å²) in [6, 6.07) is 14.4. The van der Waals surface area contributed by atoms with E-state index >= 15 is 0 Å². The van der Waals surface area contributed by atoms with Crippen molar-refractivity contribution in [3.63, 3.8) is 0 Å². The molecule has 2 aromatic rings. The molecule has 6 heteroatoms. The van der Waals surface area contributed by atoms with E-state index in [4.69, 9.17) is 0 Å². The minimum atomic E-state index is -0.421. The fourth-order valence-corrected chi connectivity index (χ4v) is 3.34. The molecule has 0 unspecified atom stereocenters. The fourth-order valence-electron chi connectivity index (χ4n) is 2.50. The second-order valence-electron chi connectivity index (χ2n) is 5.87. The summed E-state index contributed by atoms with van der Waals surface area (Å²) in [5.74, 6) is -0.729. The Labute approximate surface area is 155 Å². The number of hydrogen-bond acceptors (Lipinski definition) is 5. The Morgan fingerprint density at radius 3 is 2.35 bits per heavy atom. The van der Waals surface area contributed by atoms with Crippen LogP contribution in [0.4, 0.5) is 4.79 Å². The molecule has 0 N–H and O–H groups in total. The summed E-state index contributed by atoms with van der Waals surface area (Å²) in [7, 11) is 1.32. The van der Waals surface area contributed by atoms with Crippen molar-refractivity contribution in [2.75, 3.05) is 7.11 Å². The monoisotopic (exact) mass is 367 g/mol. The minimum Gasteiger partial charge on any atom is -0.465 e. The molecule has 1 saturated heterocycles. The normalized spacial score (nSPS) is 15.6. The lowest BCUT2D eigenvalue weighted by Gasteiger charge is -2.12. The Balaban J connectivity index is 1.76. The van der Waals surface area contributed by atoms with E-state index in [1.54, 1.807) is 30.3 Å². The topological polar surface area (TPSA) is 63.7 Å². The van der Waals surface area contributed by atoms with Crippen molar-refractivity contribution >= 4 is 35.0 Å². The Bertz CT molecular complexity index is 885. The smallest absolute Gasteiger partial charge is 0.337 e. The lowest BCUT2D eigenvalue weighted by atomic mass is 10.1. The van der Waals surface area contributed by atoms with Gasteiger partial charge in [-0.15, -0.1) is 0 Å². The molecule has 1 heterocycles. The first-order valence-electron chi connectivity index (χ1n) is 7.97. The van der Waals surface area contributed by atoms with Gasteiger partial charge in [-0.2, -0.15) is 0 Å². The number of esters is 1. The molecule has 3 rings (SSSR count). The third-order valence-electron chi connectivity index (χ3n) is 3.96. The zero-order valence-electron chi connectivity index (χ0n) is 14.4. The van der Waals surface area contributed by atoms with Crippen LogP contribution in [0.15, 0.2) is 53.4 Å². The molecule has 0 aliphatic carbocycles. The van der Waals surface area contributed by atoms with Gasteiger partial charge in [-0.25, -0.2) is 4.79 Å². The molecular formula is C20H17NO4S. The number of carbonyl (C=O) groups is 3. The van der Waals surface area contributed by atoms with Crippen molar-refractivity contribution in [2.45, 2.75) is 13.5 Å². The maximum absolute atomic E-state index is 12.6. The van der Waals surface area contributed by atoms with Crippen LogP contribution in [0.1, 0.15) is 27.0 Å². The van der Waals surface area contributed by atoms with Crippen molar-refractivity contribution < 1.29 is 19.1 Å². The highest BCUT2D eigenvalue weighted by atomic mass is 32.2. The Morgan fingerprint density at radius 1 is 1.08 bits per heavy atom. The molecule has 0 atom stereocenters. The lowest BCUT2D eigenvalue weighted by molar-refractivity contribution is -0.123. The van der Waals surface area contributed by atoms with Crippen molar-refractivity contribution in [2.24, 2.45) is 0 Å². The first kappa shape index (κ1) is 17.9. The van der Waals surface area contributed by atoms with Gasteiger partial charge in [0.2, 0.25) is 0 Å². The molecule has 1 aliphatic heterocycles. The second-order valence-corrected chi connectivity index (χ2v) is 6.86. The van der Waals surface area contributed by atoms with Crippen LogP contribution >= 0.6 is 11.8 Å². The zero-order chi connectivity index (χ0) is 18.7. The fraction of sp³-hybridized carbons (Fsp3) is 0.150. The SMILES string of the molecule is COC(=O)c1ccc(C=C2SC(=O)N(Cc3ccc(C)cc3)C2=O)cc1. The van der Waals surface area contributed by atoms with Gasteiger partial charge in [-0.1, -0.05) is 42.0 Å². The number of hydrogen-bond donors (Lipinski definition) is 0. The molecule has 5 nitrogen and oxygen atoms in total. The van der Waals surface area contributed by atoms with Gasteiger partial charge < -0.3 is 4.74 Å². The van der Waals surface area contributed by atoms with Gasteiger partial charge in [-0.3, -0.25) is 14.5 Å². The maximum atomic E-state index is 12.6. The predicted octanol–water partition coefficient (Wildman–Crippen LogP) is 4.02. The number of methoxy groups -OCH3 is 1. The highest BCUT2D eigenvalue weighted by Gasteiger charge is 2.34. The molecule has 0 aromatic heterocycles. The van der Waals surface area contributed by atoms with E-state index in [9.17, 15) is 14.4 Å². The van der Waals surface area contributed by atoms with Gasteiger partial charge in [0.1, 0.15) is 0 Å². The summed E-state index contributed by atoms with van der Waals surface area (Å²) in [4.78, 5) is 37.8. The summed E-state index contributed by atoms with van der Waals surface area (Å²) in [6.45, 7) is 2.24. The van der Waals surface area contributed by atoms with Crippen molar-refractivity contribution in [1.82, 2.24) is 4.90 Å². The first-order valence-corrected chi connectivity index (χ1v) is 8.79. The first-order chi connectivity index (χ1) is 12.5. The average molecular weight is 367 g/mol. The predicted molar refractivity (Wildman–Crippen MR) is 100 cm³/mol. The third kappa shape index (κ3) is 3.86. The van der Waals surface area contributed by atoms with E-state index in [1.807, 2.05) is 31.2 Å². The van der Waals surface area contributed by atoms with E-state index in [2.05, 4.69) is 4.74 Å². The van der Waals surface area contributed by atoms with E-state index < -0.39 is 5.97 Å². The summed E-state index contributed by atoms with van der Waals surface area (Å²) in [6.07, 6.45) is 1.65. The molecule has 0 spiro atoms. The molecule has 2 aromatic carbocycles. The molecule has 0 bridgehead atoms. The zero-order valence-corrected chi connectivity index (χ0v) is 15.2. The average Bonchev–Trinajstić information content (AvgIpc) is 2.91. The summed E-state index contributed by atoms with van der Waals surface area (Å²) in [5, 5.41) is -0.284.